The summed E-state index contributed by atoms with van der Waals surface area (Å²) in [6.07, 6.45) is 3.23. The molecule has 35 heavy (non-hydrogen) atoms. The number of aryl methyl sites for hydroxylation is 1. The number of thioether (sulfide) groups is 1. The van der Waals surface area contributed by atoms with Crippen molar-refractivity contribution in [2.75, 3.05) is 5.32 Å². The highest BCUT2D eigenvalue weighted by atomic mass is 32.2. The summed E-state index contributed by atoms with van der Waals surface area (Å²) in [5.41, 5.74) is 3.99. The Balaban J connectivity index is 1.64. The normalized spacial score (nSPS) is 25.8. The Morgan fingerprint density at radius 2 is 2.11 bits per heavy atom. The first kappa shape index (κ1) is 24.8. The van der Waals surface area contributed by atoms with Crippen LogP contribution in [0, 0.1) is 36.8 Å². The highest BCUT2D eigenvalue weighted by molar-refractivity contribution is 8.15. The third-order valence-electron chi connectivity index (χ3n) is 6.14. The number of amides is 1. The molecular weight excluding hydrogens is 486 g/mol. The molecule has 0 radical (unpaired) electrons. The number of nitrogens with zero attached hydrogens (tertiary/aromatic N) is 3. The van der Waals surface area contributed by atoms with Gasteiger partial charge >= 0.3 is 0 Å². The Morgan fingerprint density at radius 1 is 1.40 bits per heavy atom. The first-order chi connectivity index (χ1) is 16.4. The molecule has 0 bridgehead atoms. The van der Waals surface area contributed by atoms with Crippen molar-refractivity contribution in [1.82, 2.24) is 9.97 Å². The van der Waals surface area contributed by atoms with Gasteiger partial charge in [-0.25, -0.2) is 27.5 Å². The predicted molar refractivity (Wildman–Crippen MR) is 123 cm³/mol. The quantitative estimate of drug-likeness (QED) is 0.453. The number of carbonyl (C=O) groups excluding carboxylic acids is 1. The number of carbonyl (C=O) groups is 1. The number of terminal acetylenes is 1. The zero-order chi connectivity index (χ0) is 25.7. The van der Waals surface area contributed by atoms with Gasteiger partial charge in [0.2, 0.25) is 5.88 Å². The van der Waals surface area contributed by atoms with Gasteiger partial charge in [0, 0.05) is 23.2 Å². The average molecular weight is 508 g/mol. The van der Waals surface area contributed by atoms with Crippen molar-refractivity contribution in [2.45, 2.75) is 50.0 Å². The second-order valence-electron chi connectivity index (χ2n) is 8.55. The van der Waals surface area contributed by atoms with Crippen LogP contribution in [0.25, 0.3) is 0 Å². The van der Waals surface area contributed by atoms with E-state index in [4.69, 9.17) is 16.9 Å². The molecule has 2 aliphatic rings. The largest absolute Gasteiger partial charge is 0.460 e. The number of hydrogen-bond acceptors (Lipinski definition) is 7. The third kappa shape index (κ3) is 4.29. The zero-order valence-corrected chi connectivity index (χ0v) is 19.7. The minimum atomic E-state index is -2.72. The molecule has 184 valence electrons. The van der Waals surface area contributed by atoms with Gasteiger partial charge in [0.15, 0.2) is 22.9 Å². The maximum absolute atomic E-state index is 14.9. The molecule has 2 aromatic rings. The van der Waals surface area contributed by atoms with Crippen molar-refractivity contribution < 1.29 is 27.1 Å². The molecule has 3 N–H and O–H groups in total. The fourth-order valence-electron chi connectivity index (χ4n) is 4.28. The van der Waals surface area contributed by atoms with Crippen LogP contribution in [0.3, 0.4) is 0 Å². The Kier molecular flexibility index (Phi) is 6.17. The Hall–Kier alpha value is -3.33. The molecule has 4 atom stereocenters. The first-order valence-corrected chi connectivity index (χ1v) is 11.3. The number of benzene rings is 1. The third-order valence-corrected chi connectivity index (χ3v) is 7.45. The number of ether oxygens (including phenoxy) is 1. The number of amidine groups is 1. The number of nitrogens with two attached hydrogens (primary N) is 1. The standard InChI is InChI=1S/C23H21F4N5O2S/c1-5-10(2)34-16-9-29-18(11(3)30-16)19(33)31-12-6-13(17(25)14(24)7-12)22(4)15-8-23(15,20(26)27)35-21(28)32-22/h1,6-7,9-10,15,20H,8H2,2-4H3,(H2,28,32)(H,31,33)/t10-,15-,22-,23-/m0/s1. The van der Waals surface area contributed by atoms with Crippen LogP contribution in [0.15, 0.2) is 23.3 Å². The molecule has 1 aliphatic heterocycles. The zero-order valence-electron chi connectivity index (χ0n) is 18.9. The van der Waals surface area contributed by atoms with E-state index in [0.29, 0.717) is 0 Å². The maximum Gasteiger partial charge on any atom is 0.276 e. The Bertz CT molecular complexity index is 1280. The summed E-state index contributed by atoms with van der Waals surface area (Å²) in [5, 5.41) is 2.32. The molecule has 1 aromatic carbocycles. The monoisotopic (exact) mass is 507 g/mol. The molecule has 0 unspecified atom stereocenters. The second-order valence-corrected chi connectivity index (χ2v) is 9.94. The molecule has 4 rings (SSSR count). The van der Waals surface area contributed by atoms with Gasteiger partial charge in [-0.2, -0.15) is 0 Å². The molecule has 1 aromatic heterocycles. The van der Waals surface area contributed by atoms with E-state index in [-0.39, 0.29) is 40.1 Å². The van der Waals surface area contributed by atoms with E-state index in [0.717, 1.165) is 17.8 Å². The molecular formula is C23H21F4N5O2S. The number of fused-ring (bicyclic) bond motifs is 1. The van der Waals surface area contributed by atoms with Crippen LogP contribution in [0.5, 0.6) is 5.88 Å². The number of nitrogens with one attached hydrogen (secondary N) is 1. The van der Waals surface area contributed by atoms with Gasteiger partial charge in [-0.15, -0.1) is 6.42 Å². The lowest BCUT2D eigenvalue weighted by Crippen LogP contribution is -2.39. The molecule has 1 fully saturated rings. The second kappa shape index (κ2) is 8.71. The molecule has 2 heterocycles. The van der Waals surface area contributed by atoms with Crippen molar-refractivity contribution in [3.05, 3.63) is 46.9 Å². The molecule has 7 nitrogen and oxygen atoms in total. The first-order valence-electron chi connectivity index (χ1n) is 10.5. The molecule has 0 spiro atoms. The summed E-state index contributed by atoms with van der Waals surface area (Å²) in [6, 6.07) is 1.96. The van der Waals surface area contributed by atoms with Crippen molar-refractivity contribution in [3.8, 4) is 18.2 Å². The summed E-state index contributed by atoms with van der Waals surface area (Å²) in [7, 11) is 0. The number of aliphatic imine (C=N–C) groups is 1. The minimum absolute atomic E-state index is 0.0369. The maximum atomic E-state index is 14.9. The summed E-state index contributed by atoms with van der Waals surface area (Å²) < 4.78 is 60.9. The Labute approximate surface area is 203 Å². The van der Waals surface area contributed by atoms with Crippen LogP contribution < -0.4 is 15.8 Å². The van der Waals surface area contributed by atoms with E-state index < -0.39 is 46.3 Å². The number of halogens is 4. The van der Waals surface area contributed by atoms with E-state index in [1.807, 2.05) is 0 Å². The van der Waals surface area contributed by atoms with E-state index in [9.17, 15) is 22.4 Å². The molecule has 1 amide bonds. The highest BCUT2D eigenvalue weighted by Gasteiger charge is 2.71. The predicted octanol–water partition coefficient (Wildman–Crippen LogP) is 4.02. The summed E-state index contributed by atoms with van der Waals surface area (Å²) >= 11 is 0.753. The lowest BCUT2D eigenvalue weighted by Gasteiger charge is -2.34. The molecule has 0 saturated heterocycles. The Morgan fingerprint density at radius 3 is 2.74 bits per heavy atom. The summed E-state index contributed by atoms with van der Waals surface area (Å²) in [5.74, 6) is -1.55. The molecule has 1 saturated carbocycles. The fourth-order valence-corrected chi connectivity index (χ4v) is 5.62. The van der Waals surface area contributed by atoms with Crippen LogP contribution in [0.2, 0.25) is 0 Å². The molecule has 1 aliphatic carbocycles. The van der Waals surface area contributed by atoms with E-state index in [2.05, 4.69) is 26.2 Å². The van der Waals surface area contributed by atoms with Gasteiger partial charge in [-0.05, 0) is 33.3 Å². The fraction of sp³-hybridized carbons (Fsp3) is 0.391. The van der Waals surface area contributed by atoms with Crippen molar-refractivity contribution >= 4 is 28.5 Å². The minimum Gasteiger partial charge on any atom is -0.460 e. The van der Waals surface area contributed by atoms with E-state index >= 15 is 0 Å². The average Bonchev–Trinajstić information content (AvgIpc) is 3.53. The van der Waals surface area contributed by atoms with Crippen LogP contribution in [0.1, 0.15) is 42.0 Å². The number of aromatic nitrogens is 2. The van der Waals surface area contributed by atoms with Crippen LogP contribution in [-0.2, 0) is 5.54 Å². The number of rotatable bonds is 6. The van der Waals surface area contributed by atoms with Crippen LogP contribution in [-0.4, -0.2) is 38.3 Å². The van der Waals surface area contributed by atoms with Crippen LogP contribution in [0.4, 0.5) is 23.2 Å². The van der Waals surface area contributed by atoms with Gasteiger partial charge in [0.1, 0.15) is 5.69 Å². The highest BCUT2D eigenvalue weighted by Crippen LogP contribution is 2.68. The van der Waals surface area contributed by atoms with Crippen molar-refractivity contribution in [1.29, 1.82) is 0 Å². The van der Waals surface area contributed by atoms with E-state index in [1.165, 1.54) is 26.1 Å². The van der Waals surface area contributed by atoms with Crippen molar-refractivity contribution in [2.24, 2.45) is 16.6 Å². The summed E-state index contributed by atoms with van der Waals surface area (Å²) in [4.78, 5) is 25.2. The lowest BCUT2D eigenvalue weighted by molar-refractivity contribution is 0.102. The van der Waals surface area contributed by atoms with Gasteiger partial charge in [-0.1, -0.05) is 17.7 Å². The van der Waals surface area contributed by atoms with E-state index in [1.54, 1.807) is 6.92 Å². The molecule has 12 heteroatoms. The number of anilines is 1. The van der Waals surface area contributed by atoms with Gasteiger partial charge in [0.25, 0.3) is 12.3 Å². The smallest absolute Gasteiger partial charge is 0.276 e. The van der Waals surface area contributed by atoms with Gasteiger partial charge in [-0.3, -0.25) is 9.79 Å². The summed E-state index contributed by atoms with van der Waals surface area (Å²) in [6.45, 7) is 4.58. The number of alkyl halides is 2. The topological polar surface area (TPSA) is 102 Å². The van der Waals surface area contributed by atoms with Crippen LogP contribution >= 0.6 is 11.8 Å². The SMILES string of the molecule is C#C[C@H](C)Oc1cnc(C(=O)Nc2cc(F)c(F)c([C@]3(C)N=C(N)S[C@@]4(C(F)F)C[C@@H]34)c2)c(C)n1. The van der Waals surface area contributed by atoms with Crippen molar-refractivity contribution in [3.63, 3.8) is 0 Å². The number of hydrogen-bond donors (Lipinski definition) is 2. The van der Waals surface area contributed by atoms with Gasteiger partial charge < -0.3 is 15.8 Å². The lowest BCUT2D eigenvalue weighted by atomic mass is 9.85. The van der Waals surface area contributed by atoms with Gasteiger partial charge in [0.05, 0.1) is 22.2 Å².